The van der Waals surface area contributed by atoms with E-state index in [9.17, 15) is 19.5 Å². The highest BCUT2D eigenvalue weighted by Crippen LogP contribution is 2.44. The Hall–Kier alpha value is -3.39. The molecular weight excluding hydrogens is 448 g/mol. The lowest BCUT2D eigenvalue weighted by molar-refractivity contribution is -0.142. The third kappa shape index (κ3) is 7.55. The van der Waals surface area contributed by atoms with E-state index in [4.69, 9.17) is 9.47 Å². The van der Waals surface area contributed by atoms with Gasteiger partial charge in [-0.1, -0.05) is 69.3 Å². The zero-order chi connectivity index (χ0) is 25.4. The Bertz CT molecular complexity index is 1000. The van der Waals surface area contributed by atoms with E-state index in [1.165, 1.54) is 0 Å². The lowest BCUT2D eigenvalue weighted by atomic mass is 9.88. The maximum atomic E-state index is 12.2. The van der Waals surface area contributed by atoms with Crippen molar-refractivity contribution in [2.24, 2.45) is 5.41 Å². The minimum Gasteiger partial charge on any atom is -0.480 e. The van der Waals surface area contributed by atoms with Gasteiger partial charge in [0.1, 0.15) is 19.3 Å². The van der Waals surface area contributed by atoms with E-state index in [1.54, 1.807) is 0 Å². The number of aliphatic carboxylic acids is 1. The van der Waals surface area contributed by atoms with Gasteiger partial charge >= 0.3 is 12.1 Å². The van der Waals surface area contributed by atoms with Crippen molar-refractivity contribution < 1.29 is 29.0 Å². The molecule has 0 heterocycles. The van der Waals surface area contributed by atoms with E-state index < -0.39 is 24.0 Å². The van der Waals surface area contributed by atoms with E-state index >= 15 is 0 Å². The molecule has 0 aromatic heterocycles. The Morgan fingerprint density at radius 2 is 1.60 bits per heavy atom. The number of nitrogens with one attached hydrogen (secondary N) is 2. The highest BCUT2D eigenvalue weighted by molar-refractivity contribution is 5.84. The summed E-state index contributed by atoms with van der Waals surface area (Å²) in [6.45, 7) is 6.23. The molecule has 0 saturated heterocycles. The van der Waals surface area contributed by atoms with Gasteiger partial charge < -0.3 is 25.2 Å². The molecule has 1 aliphatic carbocycles. The molecule has 0 spiro atoms. The molecule has 1 unspecified atom stereocenters. The summed E-state index contributed by atoms with van der Waals surface area (Å²) in [6, 6.07) is 15.3. The number of carbonyl (C=O) groups excluding carboxylic acids is 2. The molecule has 0 saturated carbocycles. The minimum atomic E-state index is -1.07. The van der Waals surface area contributed by atoms with Crippen molar-refractivity contribution in [2.75, 3.05) is 26.4 Å². The molecule has 8 nitrogen and oxygen atoms in total. The number of alkyl carbamates (subject to hydrolysis) is 1. The molecule has 1 atom stereocenters. The fourth-order valence-corrected chi connectivity index (χ4v) is 4.11. The molecule has 35 heavy (non-hydrogen) atoms. The molecule has 1 aliphatic rings. The predicted octanol–water partition coefficient (Wildman–Crippen LogP) is 3.94. The standard InChI is InChI=1S/C27H34N2O6/c1-27(2,3)13-12-23(25(31)32)29-24(30)17-34-15-14-28-26(33)35-16-22-20-10-6-4-8-18(20)19-9-5-7-11-21(19)22/h4-11,22-23H,12-17H2,1-3H3,(H,28,33)(H,29,30)(H,31,32). The second-order valence-electron chi connectivity index (χ2n) is 9.86. The van der Waals surface area contributed by atoms with Crippen LogP contribution in [0.3, 0.4) is 0 Å². The van der Waals surface area contributed by atoms with E-state index in [1.807, 2.05) is 45.0 Å². The van der Waals surface area contributed by atoms with Gasteiger partial charge in [0.25, 0.3) is 0 Å². The van der Waals surface area contributed by atoms with Crippen LogP contribution in [0.1, 0.15) is 50.7 Å². The van der Waals surface area contributed by atoms with Crippen LogP contribution >= 0.6 is 0 Å². The average molecular weight is 483 g/mol. The SMILES string of the molecule is CC(C)(C)CCC(NC(=O)COCCNC(=O)OCC1c2ccccc2-c2ccccc21)C(=O)O. The van der Waals surface area contributed by atoms with Crippen molar-refractivity contribution >= 4 is 18.0 Å². The van der Waals surface area contributed by atoms with Gasteiger partial charge in [-0.25, -0.2) is 9.59 Å². The summed E-state index contributed by atoms with van der Waals surface area (Å²) in [5.74, 6) is -1.60. The summed E-state index contributed by atoms with van der Waals surface area (Å²) in [5, 5.41) is 14.4. The third-order valence-corrected chi connectivity index (χ3v) is 5.91. The van der Waals surface area contributed by atoms with Crippen LogP contribution in [-0.4, -0.2) is 55.5 Å². The van der Waals surface area contributed by atoms with Crippen LogP contribution < -0.4 is 10.6 Å². The zero-order valence-electron chi connectivity index (χ0n) is 20.5. The molecule has 2 aromatic carbocycles. The summed E-state index contributed by atoms with van der Waals surface area (Å²) in [5.41, 5.74) is 4.57. The Balaban J connectivity index is 1.36. The number of hydrogen-bond donors (Lipinski definition) is 3. The van der Waals surface area contributed by atoms with E-state index in [0.29, 0.717) is 12.8 Å². The number of carboxylic acids is 1. The van der Waals surface area contributed by atoms with Gasteiger partial charge in [-0.3, -0.25) is 4.79 Å². The normalized spacial score (nSPS) is 13.5. The lowest BCUT2D eigenvalue weighted by Gasteiger charge is -2.21. The van der Waals surface area contributed by atoms with Crippen LogP contribution in [0.5, 0.6) is 0 Å². The number of ether oxygens (including phenoxy) is 2. The number of hydrogen-bond acceptors (Lipinski definition) is 5. The Morgan fingerprint density at radius 3 is 2.17 bits per heavy atom. The van der Waals surface area contributed by atoms with Crippen LogP contribution in [0.2, 0.25) is 0 Å². The Labute approximate surface area is 206 Å². The van der Waals surface area contributed by atoms with Gasteiger partial charge in [0, 0.05) is 12.5 Å². The molecule has 188 valence electrons. The van der Waals surface area contributed by atoms with E-state index in [2.05, 4.69) is 34.9 Å². The minimum absolute atomic E-state index is 0.0199. The lowest BCUT2D eigenvalue weighted by Crippen LogP contribution is -2.43. The van der Waals surface area contributed by atoms with Gasteiger partial charge in [-0.05, 0) is 40.5 Å². The van der Waals surface area contributed by atoms with Gasteiger partial charge in [0.2, 0.25) is 5.91 Å². The summed E-state index contributed by atoms with van der Waals surface area (Å²) in [7, 11) is 0. The van der Waals surface area contributed by atoms with Crippen molar-refractivity contribution in [2.45, 2.75) is 45.6 Å². The Morgan fingerprint density at radius 1 is 1.00 bits per heavy atom. The topological polar surface area (TPSA) is 114 Å². The molecular formula is C27H34N2O6. The van der Waals surface area contributed by atoms with Gasteiger partial charge in [0.05, 0.1) is 6.61 Å². The van der Waals surface area contributed by atoms with Crippen molar-refractivity contribution in [1.82, 2.24) is 10.6 Å². The molecule has 3 N–H and O–H groups in total. The van der Waals surface area contributed by atoms with Gasteiger partial charge in [-0.15, -0.1) is 0 Å². The molecule has 2 amide bonds. The number of carboxylic acid groups (broad SMARTS) is 1. The maximum Gasteiger partial charge on any atom is 0.407 e. The molecule has 0 radical (unpaired) electrons. The predicted molar refractivity (Wildman–Crippen MR) is 132 cm³/mol. The summed E-state index contributed by atoms with van der Waals surface area (Å²) >= 11 is 0. The average Bonchev–Trinajstić information content (AvgIpc) is 3.13. The van der Waals surface area contributed by atoms with Crippen molar-refractivity contribution in [1.29, 1.82) is 0 Å². The fourth-order valence-electron chi connectivity index (χ4n) is 4.11. The number of rotatable bonds is 11. The third-order valence-electron chi connectivity index (χ3n) is 5.91. The van der Waals surface area contributed by atoms with Gasteiger partial charge in [-0.2, -0.15) is 0 Å². The van der Waals surface area contributed by atoms with Gasteiger partial charge in [0.15, 0.2) is 0 Å². The number of fused-ring (bicyclic) bond motifs is 3. The quantitative estimate of drug-likeness (QED) is 0.418. The van der Waals surface area contributed by atoms with Crippen LogP contribution in [0.4, 0.5) is 4.79 Å². The smallest absolute Gasteiger partial charge is 0.407 e. The van der Waals surface area contributed by atoms with Crippen molar-refractivity contribution in [3.8, 4) is 11.1 Å². The Kier molecular flexibility index (Phi) is 8.87. The van der Waals surface area contributed by atoms with Crippen LogP contribution in [0.25, 0.3) is 11.1 Å². The van der Waals surface area contributed by atoms with Crippen molar-refractivity contribution in [3.05, 3.63) is 59.7 Å². The molecule has 8 heteroatoms. The molecule has 2 aromatic rings. The first kappa shape index (κ1) is 26.2. The first-order valence-electron chi connectivity index (χ1n) is 11.8. The summed E-state index contributed by atoms with van der Waals surface area (Å²) < 4.78 is 10.7. The van der Waals surface area contributed by atoms with E-state index in [0.717, 1.165) is 22.3 Å². The monoisotopic (exact) mass is 482 g/mol. The first-order valence-corrected chi connectivity index (χ1v) is 11.8. The molecule has 0 aliphatic heterocycles. The van der Waals surface area contributed by atoms with Crippen LogP contribution in [0.15, 0.2) is 48.5 Å². The van der Waals surface area contributed by atoms with Crippen LogP contribution in [0, 0.1) is 5.41 Å². The van der Waals surface area contributed by atoms with Crippen LogP contribution in [-0.2, 0) is 19.1 Å². The largest absolute Gasteiger partial charge is 0.480 e. The molecule has 0 bridgehead atoms. The second-order valence-corrected chi connectivity index (χ2v) is 9.86. The highest BCUT2D eigenvalue weighted by atomic mass is 16.5. The zero-order valence-corrected chi connectivity index (χ0v) is 20.5. The van der Waals surface area contributed by atoms with Crippen molar-refractivity contribution in [3.63, 3.8) is 0 Å². The fraction of sp³-hybridized carbons (Fsp3) is 0.444. The molecule has 3 rings (SSSR count). The number of carbonyl (C=O) groups is 3. The summed E-state index contributed by atoms with van der Waals surface area (Å²) in [6.07, 6.45) is 0.441. The van der Waals surface area contributed by atoms with E-state index in [-0.39, 0.29) is 37.7 Å². The maximum absolute atomic E-state index is 12.2. The number of amides is 2. The first-order chi connectivity index (χ1) is 16.7. The summed E-state index contributed by atoms with van der Waals surface area (Å²) in [4.78, 5) is 35.6. The molecule has 0 fully saturated rings. The second kappa shape index (κ2) is 11.8. The number of benzene rings is 2. The highest BCUT2D eigenvalue weighted by Gasteiger charge is 2.29.